The molecule has 2 aromatic rings. The van der Waals surface area contributed by atoms with Gasteiger partial charge in [0.15, 0.2) is 0 Å². The zero-order valence-corrected chi connectivity index (χ0v) is 11.8. The molecule has 0 bridgehead atoms. The lowest BCUT2D eigenvalue weighted by Gasteiger charge is -2.18. The van der Waals surface area contributed by atoms with Crippen LogP contribution in [0.5, 0.6) is 0 Å². The topological polar surface area (TPSA) is 66.3 Å². The molecule has 1 saturated heterocycles. The van der Waals surface area contributed by atoms with Crippen molar-refractivity contribution in [2.45, 2.75) is 25.7 Å². The van der Waals surface area contributed by atoms with Gasteiger partial charge in [0.05, 0.1) is 11.3 Å². The van der Waals surface area contributed by atoms with Crippen LogP contribution in [0.1, 0.15) is 23.3 Å². The maximum absolute atomic E-state index is 11.1. The van der Waals surface area contributed by atoms with Crippen molar-refractivity contribution in [1.82, 2.24) is 9.97 Å². The number of hydrogen-bond acceptors (Lipinski definition) is 5. The van der Waals surface area contributed by atoms with Gasteiger partial charge in [-0.15, -0.1) is 11.3 Å². The summed E-state index contributed by atoms with van der Waals surface area (Å²) in [5, 5.41) is 10.3. The summed E-state index contributed by atoms with van der Waals surface area (Å²) >= 11 is 1.77. The first kappa shape index (κ1) is 12.1. The van der Waals surface area contributed by atoms with Crippen molar-refractivity contribution < 1.29 is 9.90 Å². The number of aliphatic carboxylic acids is 1. The van der Waals surface area contributed by atoms with Gasteiger partial charge in [0, 0.05) is 18.0 Å². The monoisotopic (exact) mass is 289 g/mol. The van der Waals surface area contributed by atoms with Gasteiger partial charge in [-0.3, -0.25) is 4.79 Å². The van der Waals surface area contributed by atoms with Crippen molar-refractivity contribution in [3.63, 3.8) is 0 Å². The predicted octanol–water partition coefficient (Wildman–Crippen LogP) is 2.09. The lowest BCUT2D eigenvalue weighted by molar-refractivity contribution is -0.140. The minimum absolute atomic E-state index is 0.272. The Morgan fingerprint density at radius 3 is 3.10 bits per heavy atom. The number of rotatable bonds is 2. The molecule has 20 heavy (non-hydrogen) atoms. The molecule has 1 unspecified atom stereocenters. The standard InChI is InChI=1S/C14H15N3O2S/c18-14(19)8-4-5-17(6-8)12-11-9-2-1-3-10(9)20-13(11)16-7-15-12/h7-8H,1-6H2,(H,18,19). The average Bonchev–Trinajstić information content (AvgIpc) is 3.13. The molecular formula is C14H15N3O2S. The molecule has 104 valence electrons. The van der Waals surface area contributed by atoms with Gasteiger partial charge in [-0.25, -0.2) is 9.97 Å². The highest BCUT2D eigenvalue weighted by molar-refractivity contribution is 7.19. The van der Waals surface area contributed by atoms with Crippen LogP contribution in [0, 0.1) is 5.92 Å². The second-order valence-corrected chi connectivity index (χ2v) is 6.59. The second-order valence-electron chi connectivity index (χ2n) is 5.50. The molecule has 2 aliphatic rings. The number of anilines is 1. The van der Waals surface area contributed by atoms with E-state index in [1.54, 1.807) is 17.7 Å². The van der Waals surface area contributed by atoms with E-state index < -0.39 is 5.97 Å². The van der Waals surface area contributed by atoms with Crippen molar-refractivity contribution in [2.75, 3.05) is 18.0 Å². The first-order chi connectivity index (χ1) is 9.74. The molecule has 2 aromatic heterocycles. The first-order valence-corrected chi connectivity index (χ1v) is 7.78. The third kappa shape index (κ3) is 1.71. The molecule has 0 radical (unpaired) electrons. The van der Waals surface area contributed by atoms with Crippen LogP contribution in [0.15, 0.2) is 6.33 Å². The number of thiophene rings is 1. The third-order valence-electron chi connectivity index (χ3n) is 4.32. The Hall–Kier alpha value is -1.69. The minimum Gasteiger partial charge on any atom is -0.481 e. The summed E-state index contributed by atoms with van der Waals surface area (Å²) in [5.41, 5.74) is 1.40. The summed E-state index contributed by atoms with van der Waals surface area (Å²) in [4.78, 5) is 24.6. The average molecular weight is 289 g/mol. The van der Waals surface area contributed by atoms with Crippen molar-refractivity contribution in [1.29, 1.82) is 0 Å². The van der Waals surface area contributed by atoms with Crippen LogP contribution in [-0.2, 0) is 17.6 Å². The highest BCUT2D eigenvalue weighted by Crippen LogP contribution is 2.40. The molecule has 0 spiro atoms. The van der Waals surface area contributed by atoms with E-state index in [4.69, 9.17) is 5.11 Å². The Labute approximate surface area is 120 Å². The number of fused-ring (bicyclic) bond motifs is 3. The van der Waals surface area contributed by atoms with E-state index in [0.717, 1.165) is 30.0 Å². The van der Waals surface area contributed by atoms with Gasteiger partial charge in [-0.1, -0.05) is 0 Å². The smallest absolute Gasteiger partial charge is 0.308 e. The molecule has 1 atom stereocenters. The van der Waals surface area contributed by atoms with Crippen molar-refractivity contribution in [3.8, 4) is 0 Å². The van der Waals surface area contributed by atoms with E-state index in [1.165, 1.54) is 22.2 Å². The molecule has 1 N–H and O–H groups in total. The molecule has 5 nitrogen and oxygen atoms in total. The van der Waals surface area contributed by atoms with Gasteiger partial charge in [-0.2, -0.15) is 0 Å². The first-order valence-electron chi connectivity index (χ1n) is 6.97. The molecule has 0 saturated carbocycles. The Balaban J connectivity index is 1.79. The summed E-state index contributed by atoms with van der Waals surface area (Å²) < 4.78 is 0. The van der Waals surface area contributed by atoms with Crippen LogP contribution in [0.3, 0.4) is 0 Å². The zero-order valence-electron chi connectivity index (χ0n) is 11.0. The number of hydrogen-bond donors (Lipinski definition) is 1. The van der Waals surface area contributed by atoms with Gasteiger partial charge in [-0.05, 0) is 31.2 Å². The third-order valence-corrected chi connectivity index (χ3v) is 5.52. The number of aromatic nitrogens is 2. The van der Waals surface area contributed by atoms with E-state index in [-0.39, 0.29) is 5.92 Å². The predicted molar refractivity (Wildman–Crippen MR) is 77.4 cm³/mol. The number of aryl methyl sites for hydroxylation is 2. The maximum Gasteiger partial charge on any atom is 0.308 e. The summed E-state index contributed by atoms with van der Waals surface area (Å²) in [6.07, 6.45) is 5.77. The molecule has 6 heteroatoms. The Morgan fingerprint density at radius 2 is 2.30 bits per heavy atom. The highest BCUT2D eigenvalue weighted by Gasteiger charge is 2.31. The van der Waals surface area contributed by atoms with Gasteiger partial charge < -0.3 is 10.0 Å². The number of nitrogens with zero attached hydrogens (tertiary/aromatic N) is 3. The van der Waals surface area contributed by atoms with Crippen LogP contribution in [0.25, 0.3) is 10.2 Å². The van der Waals surface area contributed by atoms with E-state index in [0.29, 0.717) is 13.0 Å². The summed E-state index contributed by atoms with van der Waals surface area (Å²) in [5.74, 6) is -0.0294. The fraction of sp³-hybridized carbons (Fsp3) is 0.500. The number of carbonyl (C=O) groups is 1. The van der Waals surface area contributed by atoms with Gasteiger partial charge in [0.1, 0.15) is 17.0 Å². The molecule has 0 amide bonds. The van der Waals surface area contributed by atoms with E-state index in [1.807, 2.05) is 0 Å². The molecule has 4 rings (SSSR count). The van der Waals surface area contributed by atoms with Gasteiger partial charge in [0.25, 0.3) is 0 Å². The van der Waals surface area contributed by atoms with Crippen LogP contribution in [-0.4, -0.2) is 34.1 Å². The summed E-state index contributed by atoms with van der Waals surface area (Å²) in [7, 11) is 0. The Morgan fingerprint density at radius 1 is 1.40 bits per heavy atom. The van der Waals surface area contributed by atoms with Crippen LogP contribution in [0.4, 0.5) is 5.82 Å². The SMILES string of the molecule is O=C(O)C1CCN(c2ncnc3sc4c(c23)CCC4)C1. The van der Waals surface area contributed by atoms with Crippen molar-refractivity contribution in [2.24, 2.45) is 5.92 Å². The van der Waals surface area contributed by atoms with Crippen molar-refractivity contribution in [3.05, 3.63) is 16.8 Å². The Kier molecular flexibility index (Phi) is 2.66. The van der Waals surface area contributed by atoms with E-state index in [2.05, 4.69) is 14.9 Å². The van der Waals surface area contributed by atoms with Crippen LogP contribution >= 0.6 is 11.3 Å². The lowest BCUT2D eigenvalue weighted by Crippen LogP contribution is -2.23. The fourth-order valence-corrected chi connectivity index (χ4v) is 4.53. The Bertz CT molecular complexity index is 697. The minimum atomic E-state index is -0.701. The normalized spacial score (nSPS) is 21.6. The van der Waals surface area contributed by atoms with Gasteiger partial charge >= 0.3 is 5.97 Å². The highest BCUT2D eigenvalue weighted by atomic mass is 32.1. The van der Waals surface area contributed by atoms with Crippen LogP contribution < -0.4 is 4.90 Å². The van der Waals surface area contributed by atoms with Gasteiger partial charge in [0.2, 0.25) is 0 Å². The lowest BCUT2D eigenvalue weighted by atomic mass is 10.1. The number of carboxylic acid groups (broad SMARTS) is 1. The molecule has 0 aromatic carbocycles. The molecule has 3 heterocycles. The van der Waals surface area contributed by atoms with Crippen LogP contribution in [0.2, 0.25) is 0 Å². The molecular weight excluding hydrogens is 274 g/mol. The maximum atomic E-state index is 11.1. The van der Waals surface area contributed by atoms with E-state index >= 15 is 0 Å². The molecule has 1 aliphatic heterocycles. The van der Waals surface area contributed by atoms with E-state index in [9.17, 15) is 4.79 Å². The molecule has 1 aliphatic carbocycles. The second kappa shape index (κ2) is 4.41. The largest absolute Gasteiger partial charge is 0.481 e. The quantitative estimate of drug-likeness (QED) is 0.917. The summed E-state index contributed by atoms with van der Waals surface area (Å²) in [6.45, 7) is 1.33. The number of carboxylic acids is 1. The zero-order chi connectivity index (χ0) is 13.7. The van der Waals surface area contributed by atoms with Crippen molar-refractivity contribution >= 4 is 33.3 Å². The summed E-state index contributed by atoms with van der Waals surface area (Å²) in [6, 6.07) is 0. The molecule has 1 fully saturated rings. The fourth-order valence-electron chi connectivity index (χ4n) is 3.31.